The van der Waals surface area contributed by atoms with Crippen LogP contribution in [0.3, 0.4) is 0 Å². The van der Waals surface area contributed by atoms with Crippen LogP contribution in [-0.2, 0) is 29.1 Å². The van der Waals surface area contributed by atoms with Crippen molar-refractivity contribution in [2.75, 3.05) is 12.0 Å². The predicted molar refractivity (Wildman–Crippen MR) is 151 cm³/mol. The van der Waals surface area contributed by atoms with Crippen LogP contribution in [0.15, 0.2) is 48.5 Å². The molecule has 3 N–H and O–H groups in total. The number of nitrogens with one attached hydrogen (secondary N) is 1. The molecule has 2 aromatic heterocycles. The molecule has 1 unspecified atom stereocenters. The number of halogens is 1. The molecule has 0 aliphatic rings. The van der Waals surface area contributed by atoms with E-state index in [1.807, 2.05) is 30.5 Å². The number of nitrogens with two attached hydrogens (primary N) is 1. The number of nitrogens with zero attached hydrogens (tertiary/aromatic N) is 5. The third-order valence-corrected chi connectivity index (χ3v) is 7.21. The number of thioether (sulfide) groups is 1. The van der Waals surface area contributed by atoms with Gasteiger partial charge in [0.05, 0.1) is 5.69 Å². The van der Waals surface area contributed by atoms with Gasteiger partial charge in [-0.15, -0.1) is 10.2 Å². The molecule has 0 fully saturated rings. The van der Waals surface area contributed by atoms with Crippen LogP contribution >= 0.6 is 23.4 Å². The van der Waals surface area contributed by atoms with Crippen molar-refractivity contribution in [3.05, 3.63) is 70.8 Å². The van der Waals surface area contributed by atoms with Crippen molar-refractivity contribution in [3.8, 4) is 22.5 Å². The van der Waals surface area contributed by atoms with Crippen LogP contribution in [0.1, 0.15) is 43.3 Å². The maximum atomic E-state index is 12.4. The third kappa shape index (κ3) is 6.80. The SMILES string of the molecule is CCCCc1nc(Cl)c(COC(=O)C(N)CCSC)n1Cc1ccc(-c2ccccc2-c2nn[nH]n2)cc1. The van der Waals surface area contributed by atoms with Crippen LogP contribution in [0.4, 0.5) is 0 Å². The number of aryl methyl sites for hydroxylation is 1. The van der Waals surface area contributed by atoms with Gasteiger partial charge in [-0.3, -0.25) is 4.79 Å². The second-order valence-corrected chi connectivity index (χ2v) is 10.3. The summed E-state index contributed by atoms with van der Waals surface area (Å²) in [4.78, 5) is 17.0. The van der Waals surface area contributed by atoms with Crippen molar-refractivity contribution in [1.82, 2.24) is 30.2 Å². The molecule has 1 atom stereocenters. The molecule has 38 heavy (non-hydrogen) atoms. The summed E-state index contributed by atoms with van der Waals surface area (Å²) in [5, 5.41) is 14.8. The number of rotatable bonds is 13. The first-order valence-electron chi connectivity index (χ1n) is 12.6. The number of esters is 1. The molecule has 0 saturated carbocycles. The number of aromatic amines is 1. The van der Waals surface area contributed by atoms with Crippen molar-refractivity contribution in [1.29, 1.82) is 0 Å². The maximum Gasteiger partial charge on any atom is 0.323 e. The highest BCUT2D eigenvalue weighted by Crippen LogP contribution is 2.30. The summed E-state index contributed by atoms with van der Waals surface area (Å²) < 4.78 is 7.61. The van der Waals surface area contributed by atoms with Gasteiger partial charge < -0.3 is 15.0 Å². The Balaban J connectivity index is 1.55. The van der Waals surface area contributed by atoms with Gasteiger partial charge in [-0.1, -0.05) is 73.5 Å². The van der Waals surface area contributed by atoms with E-state index in [4.69, 9.17) is 22.1 Å². The molecule has 0 radical (unpaired) electrons. The monoisotopic (exact) mass is 553 g/mol. The fraction of sp³-hybridized carbons (Fsp3) is 0.370. The number of H-pyrrole nitrogens is 1. The second-order valence-electron chi connectivity index (χ2n) is 8.93. The highest BCUT2D eigenvalue weighted by molar-refractivity contribution is 7.98. The normalized spacial score (nSPS) is 12.0. The molecule has 0 saturated heterocycles. The number of hydrogen-bond acceptors (Lipinski definition) is 8. The Morgan fingerprint density at radius 3 is 2.63 bits per heavy atom. The van der Waals surface area contributed by atoms with Gasteiger partial charge in [-0.25, -0.2) is 4.98 Å². The van der Waals surface area contributed by atoms with Gasteiger partial charge in [0.15, 0.2) is 5.15 Å². The quantitative estimate of drug-likeness (QED) is 0.224. The van der Waals surface area contributed by atoms with Crippen LogP contribution in [0.5, 0.6) is 0 Å². The lowest BCUT2D eigenvalue weighted by atomic mass is 9.98. The Morgan fingerprint density at radius 2 is 1.95 bits per heavy atom. The summed E-state index contributed by atoms with van der Waals surface area (Å²) in [5.74, 6) is 1.79. The second kappa shape index (κ2) is 13.5. The molecule has 0 aliphatic carbocycles. The van der Waals surface area contributed by atoms with Crippen LogP contribution in [0, 0.1) is 0 Å². The number of unbranched alkanes of at least 4 members (excludes halogenated alkanes) is 1. The molecule has 0 spiro atoms. The Labute approximate surface area is 231 Å². The smallest absolute Gasteiger partial charge is 0.323 e. The summed E-state index contributed by atoms with van der Waals surface area (Å²) in [7, 11) is 0. The van der Waals surface area contributed by atoms with Crippen molar-refractivity contribution in [3.63, 3.8) is 0 Å². The van der Waals surface area contributed by atoms with E-state index in [-0.39, 0.29) is 6.61 Å². The molecule has 200 valence electrons. The molecule has 0 amide bonds. The van der Waals surface area contributed by atoms with E-state index in [1.165, 1.54) is 0 Å². The largest absolute Gasteiger partial charge is 0.458 e. The zero-order valence-corrected chi connectivity index (χ0v) is 23.1. The molecule has 2 heterocycles. The van der Waals surface area contributed by atoms with Crippen molar-refractivity contribution in [2.45, 2.75) is 51.8 Å². The van der Waals surface area contributed by atoms with Gasteiger partial charge >= 0.3 is 5.97 Å². The Kier molecular flexibility index (Phi) is 9.91. The standard InChI is InChI=1S/C27H32ClN7O2S/c1-3-4-9-24-30-25(28)23(17-37-27(36)22(29)14-15-38-2)35(24)16-18-10-12-19(13-11-18)20-7-5-6-8-21(20)26-31-33-34-32-26/h5-8,10-13,22H,3-4,9,14-17,29H2,1-2H3,(H,31,32,33,34). The Hall–Kier alpha value is -3.21. The van der Waals surface area contributed by atoms with E-state index < -0.39 is 12.0 Å². The first-order valence-corrected chi connectivity index (χ1v) is 14.4. The number of benzene rings is 2. The minimum Gasteiger partial charge on any atom is -0.458 e. The number of ether oxygens (including phenoxy) is 1. The summed E-state index contributed by atoms with van der Waals surface area (Å²) in [6, 6.07) is 15.6. The lowest BCUT2D eigenvalue weighted by molar-refractivity contribution is -0.146. The van der Waals surface area contributed by atoms with Gasteiger partial charge in [0, 0.05) is 18.5 Å². The van der Waals surface area contributed by atoms with Crippen molar-refractivity contribution >= 4 is 29.3 Å². The van der Waals surface area contributed by atoms with Crippen LogP contribution < -0.4 is 5.73 Å². The van der Waals surface area contributed by atoms with E-state index in [0.717, 1.165) is 53.1 Å². The lowest BCUT2D eigenvalue weighted by Crippen LogP contribution is -2.33. The fourth-order valence-electron chi connectivity index (χ4n) is 4.14. The average Bonchev–Trinajstić information content (AvgIpc) is 3.58. The first kappa shape index (κ1) is 27.8. The number of carbonyl (C=O) groups excluding carboxylic acids is 1. The van der Waals surface area contributed by atoms with Crippen LogP contribution in [0.25, 0.3) is 22.5 Å². The topological polar surface area (TPSA) is 125 Å². The van der Waals surface area contributed by atoms with Gasteiger partial charge in [-0.2, -0.15) is 17.0 Å². The van der Waals surface area contributed by atoms with Crippen molar-refractivity contribution in [2.24, 2.45) is 5.73 Å². The van der Waals surface area contributed by atoms with Crippen LogP contribution in [0.2, 0.25) is 5.15 Å². The van der Waals surface area contributed by atoms with E-state index in [2.05, 4.69) is 61.4 Å². The number of aromatic nitrogens is 6. The van der Waals surface area contributed by atoms with Gasteiger partial charge in [0.2, 0.25) is 5.82 Å². The molecular formula is C27H32ClN7O2S. The Bertz CT molecular complexity index is 1330. The average molecular weight is 554 g/mol. The number of hydrogen-bond donors (Lipinski definition) is 2. The van der Waals surface area contributed by atoms with E-state index in [0.29, 0.717) is 29.6 Å². The first-order chi connectivity index (χ1) is 18.5. The van der Waals surface area contributed by atoms with E-state index in [9.17, 15) is 4.79 Å². The van der Waals surface area contributed by atoms with Crippen LogP contribution in [-0.4, -0.2) is 54.2 Å². The highest BCUT2D eigenvalue weighted by Gasteiger charge is 2.20. The third-order valence-electron chi connectivity index (χ3n) is 6.26. The summed E-state index contributed by atoms with van der Waals surface area (Å²) >= 11 is 8.18. The predicted octanol–water partition coefficient (Wildman–Crippen LogP) is 4.90. The van der Waals surface area contributed by atoms with Gasteiger partial charge in [0.1, 0.15) is 18.5 Å². The molecule has 9 nitrogen and oxygen atoms in total. The zero-order chi connectivity index (χ0) is 26.9. The molecule has 4 aromatic rings. The van der Waals surface area contributed by atoms with E-state index in [1.54, 1.807) is 11.8 Å². The van der Waals surface area contributed by atoms with Gasteiger partial charge in [0.25, 0.3) is 0 Å². The number of tetrazole rings is 1. The molecular weight excluding hydrogens is 522 g/mol. The highest BCUT2D eigenvalue weighted by atomic mass is 35.5. The maximum absolute atomic E-state index is 12.4. The minimum absolute atomic E-state index is 0.0277. The molecule has 4 rings (SSSR count). The number of imidazole rings is 1. The summed E-state index contributed by atoms with van der Waals surface area (Å²) in [5.41, 5.74) is 10.7. The lowest BCUT2D eigenvalue weighted by Gasteiger charge is -2.15. The summed E-state index contributed by atoms with van der Waals surface area (Å²) in [6.45, 7) is 2.72. The minimum atomic E-state index is -0.653. The van der Waals surface area contributed by atoms with Crippen molar-refractivity contribution < 1.29 is 9.53 Å². The molecule has 0 bridgehead atoms. The fourth-order valence-corrected chi connectivity index (χ4v) is 4.89. The molecule has 11 heteroatoms. The van der Waals surface area contributed by atoms with E-state index >= 15 is 0 Å². The van der Waals surface area contributed by atoms with Gasteiger partial charge in [-0.05, 0) is 46.8 Å². The Morgan fingerprint density at radius 1 is 1.18 bits per heavy atom. The zero-order valence-electron chi connectivity index (χ0n) is 21.6. The molecule has 2 aromatic carbocycles. The molecule has 0 aliphatic heterocycles. The number of carbonyl (C=O) groups is 1. The summed E-state index contributed by atoms with van der Waals surface area (Å²) in [6.07, 6.45) is 5.35.